The fourth-order valence-corrected chi connectivity index (χ4v) is 1.75. The minimum atomic E-state index is -0.405. The van der Waals surface area contributed by atoms with Gasteiger partial charge in [0.05, 0.1) is 6.42 Å². The Labute approximate surface area is 104 Å². The molecule has 0 unspecified atom stereocenters. The second-order valence-corrected chi connectivity index (χ2v) is 5.52. The van der Waals surface area contributed by atoms with E-state index in [-0.39, 0.29) is 5.97 Å². The molecule has 0 spiro atoms. The molecule has 0 heterocycles. The molecule has 0 saturated heterocycles. The van der Waals surface area contributed by atoms with Gasteiger partial charge in [0.2, 0.25) is 0 Å². The molecule has 0 fully saturated rings. The number of benzene rings is 1. The normalized spacial score (nSPS) is 11.2. The molecule has 0 aliphatic rings. The highest BCUT2D eigenvalue weighted by Gasteiger charge is 2.16. The van der Waals surface area contributed by atoms with E-state index in [1.807, 2.05) is 45.0 Å². The Morgan fingerprint density at radius 3 is 2.47 bits per heavy atom. The van der Waals surface area contributed by atoms with Crippen LogP contribution in [-0.2, 0) is 16.0 Å². The highest BCUT2D eigenvalue weighted by Crippen LogP contribution is 2.14. The summed E-state index contributed by atoms with van der Waals surface area (Å²) in [7, 11) is 0. The lowest BCUT2D eigenvalue weighted by Crippen LogP contribution is -2.25. The minimum Gasteiger partial charge on any atom is -0.460 e. The van der Waals surface area contributed by atoms with Gasteiger partial charge < -0.3 is 4.74 Å². The highest BCUT2D eigenvalue weighted by atomic mass is 127. The second-order valence-electron chi connectivity index (χ2n) is 4.35. The SMILES string of the molecule is CC(C)(C)OC(=O)Cc1ccccc1I. The molecular weight excluding hydrogens is 303 g/mol. The van der Waals surface area contributed by atoms with E-state index < -0.39 is 5.60 Å². The highest BCUT2D eigenvalue weighted by molar-refractivity contribution is 14.1. The van der Waals surface area contributed by atoms with E-state index in [9.17, 15) is 4.79 Å². The Bertz CT molecular complexity index is 353. The van der Waals surface area contributed by atoms with Crippen molar-refractivity contribution in [3.8, 4) is 0 Å². The average molecular weight is 318 g/mol. The summed E-state index contributed by atoms with van der Waals surface area (Å²) >= 11 is 2.22. The summed E-state index contributed by atoms with van der Waals surface area (Å²) in [6.07, 6.45) is 0.344. The number of halogens is 1. The number of carbonyl (C=O) groups excluding carboxylic acids is 1. The fraction of sp³-hybridized carbons (Fsp3) is 0.417. The first-order chi connectivity index (χ1) is 6.88. The van der Waals surface area contributed by atoms with Crippen molar-refractivity contribution < 1.29 is 9.53 Å². The molecule has 0 N–H and O–H groups in total. The first-order valence-electron chi connectivity index (χ1n) is 4.84. The van der Waals surface area contributed by atoms with Gasteiger partial charge in [-0.05, 0) is 55.0 Å². The smallest absolute Gasteiger partial charge is 0.310 e. The third kappa shape index (κ3) is 4.64. The largest absolute Gasteiger partial charge is 0.460 e. The van der Waals surface area contributed by atoms with E-state index in [4.69, 9.17) is 4.74 Å². The van der Waals surface area contributed by atoms with Crippen LogP contribution in [0.25, 0.3) is 0 Å². The van der Waals surface area contributed by atoms with Crippen molar-refractivity contribution in [1.82, 2.24) is 0 Å². The molecule has 0 saturated carbocycles. The number of hydrogen-bond acceptors (Lipinski definition) is 2. The maximum absolute atomic E-state index is 11.6. The van der Waals surface area contributed by atoms with Crippen molar-refractivity contribution in [1.29, 1.82) is 0 Å². The molecule has 1 aromatic carbocycles. The van der Waals surface area contributed by atoms with Crippen LogP contribution in [-0.4, -0.2) is 11.6 Å². The summed E-state index contributed by atoms with van der Waals surface area (Å²) in [5, 5.41) is 0. The molecule has 0 aliphatic carbocycles. The van der Waals surface area contributed by atoms with Crippen molar-refractivity contribution in [2.24, 2.45) is 0 Å². The molecule has 82 valence electrons. The summed E-state index contributed by atoms with van der Waals surface area (Å²) in [6.45, 7) is 5.63. The van der Waals surface area contributed by atoms with Gasteiger partial charge in [-0.3, -0.25) is 4.79 Å². The molecule has 3 heteroatoms. The van der Waals surface area contributed by atoms with Crippen LogP contribution < -0.4 is 0 Å². The lowest BCUT2D eigenvalue weighted by atomic mass is 10.1. The predicted octanol–water partition coefficient (Wildman–Crippen LogP) is 3.18. The van der Waals surface area contributed by atoms with Gasteiger partial charge in [-0.2, -0.15) is 0 Å². The van der Waals surface area contributed by atoms with Crippen LogP contribution in [0.4, 0.5) is 0 Å². The third-order valence-corrected chi connectivity index (χ3v) is 2.77. The van der Waals surface area contributed by atoms with Gasteiger partial charge in [-0.15, -0.1) is 0 Å². The quantitative estimate of drug-likeness (QED) is 0.618. The van der Waals surface area contributed by atoms with Crippen LogP contribution in [0.3, 0.4) is 0 Å². The summed E-state index contributed by atoms with van der Waals surface area (Å²) in [5.41, 5.74) is 0.615. The molecule has 0 bridgehead atoms. The number of esters is 1. The van der Waals surface area contributed by atoms with Crippen molar-refractivity contribution in [3.63, 3.8) is 0 Å². The Morgan fingerprint density at radius 1 is 1.33 bits per heavy atom. The fourth-order valence-electron chi connectivity index (χ4n) is 1.17. The molecule has 0 amide bonds. The van der Waals surface area contributed by atoms with Crippen molar-refractivity contribution in [3.05, 3.63) is 33.4 Å². The molecular formula is C12H15IO2. The molecule has 1 rings (SSSR count). The molecule has 0 aliphatic heterocycles. The van der Waals surface area contributed by atoms with Crippen molar-refractivity contribution >= 4 is 28.6 Å². The Balaban J connectivity index is 2.64. The second kappa shape index (κ2) is 4.96. The topological polar surface area (TPSA) is 26.3 Å². The predicted molar refractivity (Wildman–Crippen MR) is 68.7 cm³/mol. The zero-order valence-electron chi connectivity index (χ0n) is 9.21. The zero-order chi connectivity index (χ0) is 11.5. The van der Waals surface area contributed by atoms with Gasteiger partial charge >= 0.3 is 5.97 Å². The van der Waals surface area contributed by atoms with E-state index in [0.717, 1.165) is 9.13 Å². The third-order valence-electron chi connectivity index (χ3n) is 1.71. The molecule has 2 nitrogen and oxygen atoms in total. The summed E-state index contributed by atoms with van der Waals surface area (Å²) < 4.78 is 6.35. The average Bonchev–Trinajstić information content (AvgIpc) is 2.05. The molecule has 0 radical (unpaired) electrons. The van der Waals surface area contributed by atoms with Crippen LogP contribution in [0, 0.1) is 3.57 Å². The van der Waals surface area contributed by atoms with Gasteiger partial charge in [0.1, 0.15) is 5.60 Å². The Kier molecular flexibility index (Phi) is 4.13. The van der Waals surface area contributed by atoms with Crippen molar-refractivity contribution in [2.75, 3.05) is 0 Å². The number of ether oxygens (including phenoxy) is 1. The van der Waals surface area contributed by atoms with E-state index in [0.29, 0.717) is 6.42 Å². The van der Waals surface area contributed by atoms with Gasteiger partial charge in [0.25, 0.3) is 0 Å². The van der Waals surface area contributed by atoms with Gasteiger partial charge in [0.15, 0.2) is 0 Å². The van der Waals surface area contributed by atoms with Gasteiger partial charge in [0, 0.05) is 3.57 Å². The standard InChI is InChI=1S/C12H15IO2/c1-12(2,3)15-11(14)8-9-6-4-5-7-10(9)13/h4-7H,8H2,1-3H3. The Hall–Kier alpha value is -0.580. The number of hydrogen-bond donors (Lipinski definition) is 0. The van der Waals surface area contributed by atoms with Crippen LogP contribution >= 0.6 is 22.6 Å². The minimum absolute atomic E-state index is 0.174. The van der Waals surface area contributed by atoms with Crippen LogP contribution in [0.2, 0.25) is 0 Å². The van der Waals surface area contributed by atoms with Crippen molar-refractivity contribution in [2.45, 2.75) is 32.8 Å². The van der Waals surface area contributed by atoms with E-state index in [2.05, 4.69) is 22.6 Å². The zero-order valence-corrected chi connectivity index (χ0v) is 11.4. The van der Waals surface area contributed by atoms with E-state index in [1.165, 1.54) is 0 Å². The number of rotatable bonds is 2. The lowest BCUT2D eigenvalue weighted by Gasteiger charge is -2.19. The maximum Gasteiger partial charge on any atom is 0.310 e. The summed E-state index contributed by atoms with van der Waals surface area (Å²) in [6, 6.07) is 7.83. The molecule has 15 heavy (non-hydrogen) atoms. The van der Waals surface area contributed by atoms with Crippen LogP contribution in [0.15, 0.2) is 24.3 Å². The van der Waals surface area contributed by atoms with Gasteiger partial charge in [-0.1, -0.05) is 18.2 Å². The molecule has 1 aromatic rings. The first-order valence-corrected chi connectivity index (χ1v) is 5.91. The monoisotopic (exact) mass is 318 g/mol. The van der Waals surface area contributed by atoms with Crippen LogP contribution in [0.1, 0.15) is 26.3 Å². The van der Waals surface area contributed by atoms with E-state index in [1.54, 1.807) is 0 Å². The molecule has 0 aromatic heterocycles. The van der Waals surface area contributed by atoms with Crippen LogP contribution in [0.5, 0.6) is 0 Å². The summed E-state index contributed by atoms with van der Waals surface area (Å²) in [4.78, 5) is 11.6. The van der Waals surface area contributed by atoms with Gasteiger partial charge in [-0.25, -0.2) is 0 Å². The lowest BCUT2D eigenvalue weighted by molar-refractivity contribution is -0.153. The summed E-state index contributed by atoms with van der Waals surface area (Å²) in [5.74, 6) is -0.174. The van der Waals surface area contributed by atoms with E-state index >= 15 is 0 Å². The first kappa shape index (κ1) is 12.5. The number of carbonyl (C=O) groups is 1. The maximum atomic E-state index is 11.6. The molecule has 0 atom stereocenters. The Morgan fingerprint density at radius 2 is 1.93 bits per heavy atom.